The van der Waals surface area contributed by atoms with E-state index in [1.807, 2.05) is 48.9 Å². The van der Waals surface area contributed by atoms with Gasteiger partial charge in [-0.3, -0.25) is 4.79 Å². The van der Waals surface area contributed by atoms with Crippen molar-refractivity contribution >= 4 is 18.0 Å². The molecule has 1 atom stereocenters. The molecular weight excluding hydrogens is 294 g/mol. The van der Waals surface area contributed by atoms with Crippen molar-refractivity contribution < 1.29 is 14.3 Å². The highest BCUT2D eigenvalue weighted by Gasteiger charge is 2.14. The molecule has 2 N–H and O–H groups in total. The number of amides is 1. The number of esters is 1. The lowest BCUT2D eigenvalue weighted by molar-refractivity contribution is -0.148. The topological polar surface area (TPSA) is 87.2 Å². The Hall–Kier alpha value is -2.89. The molecule has 6 nitrogen and oxygen atoms in total. The van der Waals surface area contributed by atoms with Gasteiger partial charge in [-0.05, 0) is 39.0 Å². The number of ether oxygens (including phenoxy) is 1. The molecule has 6 heteroatoms. The minimum Gasteiger partial charge on any atom is -0.449 e. The zero-order valence-corrected chi connectivity index (χ0v) is 13.3. The number of para-hydroxylation sites is 1. The Bertz CT molecular complexity index is 748. The van der Waals surface area contributed by atoms with Crippen molar-refractivity contribution in [3.63, 3.8) is 0 Å². The number of carbonyl (C=O) groups excluding carboxylic acids is 2. The van der Waals surface area contributed by atoms with Crippen LogP contribution >= 0.6 is 0 Å². The lowest BCUT2D eigenvalue weighted by Crippen LogP contribution is -2.29. The minimum absolute atomic E-state index is 0.623. The maximum Gasteiger partial charge on any atom is 0.331 e. The molecule has 0 bridgehead atoms. The van der Waals surface area contributed by atoms with Crippen molar-refractivity contribution in [3.05, 3.63) is 53.4 Å². The predicted octanol–water partition coefficient (Wildman–Crippen LogP) is 1.92. The van der Waals surface area contributed by atoms with Crippen molar-refractivity contribution in [2.75, 3.05) is 0 Å². The number of rotatable bonds is 5. The summed E-state index contributed by atoms with van der Waals surface area (Å²) < 4.78 is 6.69. The first kappa shape index (κ1) is 16.5. The van der Waals surface area contributed by atoms with E-state index in [9.17, 15) is 9.59 Å². The van der Waals surface area contributed by atoms with Crippen LogP contribution in [0.3, 0.4) is 0 Å². The molecule has 0 spiro atoms. The van der Waals surface area contributed by atoms with Gasteiger partial charge in [-0.1, -0.05) is 18.2 Å². The molecule has 0 saturated carbocycles. The largest absolute Gasteiger partial charge is 0.449 e. The van der Waals surface area contributed by atoms with Gasteiger partial charge in [0.1, 0.15) is 0 Å². The molecule has 2 rings (SSSR count). The molecule has 0 aliphatic rings. The van der Waals surface area contributed by atoms with Gasteiger partial charge < -0.3 is 10.5 Å². The van der Waals surface area contributed by atoms with Crippen LogP contribution in [0.2, 0.25) is 0 Å². The first-order valence-corrected chi connectivity index (χ1v) is 7.19. The smallest absolute Gasteiger partial charge is 0.331 e. The highest BCUT2D eigenvalue weighted by atomic mass is 16.5. The fourth-order valence-electron chi connectivity index (χ4n) is 2.14. The molecule has 0 aliphatic heterocycles. The highest BCUT2D eigenvalue weighted by molar-refractivity contribution is 5.90. The van der Waals surface area contributed by atoms with Gasteiger partial charge in [0.2, 0.25) is 0 Å². The van der Waals surface area contributed by atoms with Gasteiger partial charge in [-0.15, -0.1) is 0 Å². The second kappa shape index (κ2) is 6.91. The van der Waals surface area contributed by atoms with Crippen molar-refractivity contribution in [2.24, 2.45) is 5.73 Å². The number of nitrogens with two attached hydrogens (primary N) is 1. The molecule has 1 unspecified atom stereocenters. The monoisotopic (exact) mass is 313 g/mol. The Morgan fingerprint density at radius 1 is 1.26 bits per heavy atom. The van der Waals surface area contributed by atoms with Crippen molar-refractivity contribution in [2.45, 2.75) is 26.9 Å². The molecule has 1 aromatic heterocycles. The van der Waals surface area contributed by atoms with Crippen molar-refractivity contribution in [3.8, 4) is 5.69 Å². The summed E-state index contributed by atoms with van der Waals surface area (Å²) in [6.45, 7) is 5.21. The van der Waals surface area contributed by atoms with Gasteiger partial charge in [-0.25, -0.2) is 9.48 Å². The van der Waals surface area contributed by atoms with E-state index < -0.39 is 18.0 Å². The summed E-state index contributed by atoms with van der Waals surface area (Å²) in [5.74, 6) is -1.31. The first-order chi connectivity index (χ1) is 10.9. The SMILES string of the molecule is Cc1nn(-c2ccccc2)c(C)c1/C=C/C(=O)OC(C)C(N)=O. The van der Waals surface area contributed by atoms with Crippen LogP contribution in [0.4, 0.5) is 0 Å². The maximum atomic E-state index is 11.7. The Morgan fingerprint density at radius 3 is 2.52 bits per heavy atom. The van der Waals surface area contributed by atoms with E-state index in [-0.39, 0.29) is 0 Å². The van der Waals surface area contributed by atoms with Crippen LogP contribution in [0.15, 0.2) is 36.4 Å². The van der Waals surface area contributed by atoms with E-state index in [1.54, 1.807) is 6.08 Å². The summed E-state index contributed by atoms with van der Waals surface area (Å²) >= 11 is 0. The second-order valence-corrected chi connectivity index (χ2v) is 5.15. The first-order valence-electron chi connectivity index (χ1n) is 7.19. The number of aryl methyl sites for hydroxylation is 1. The summed E-state index contributed by atoms with van der Waals surface area (Å²) in [7, 11) is 0. The average Bonchev–Trinajstić information content (AvgIpc) is 2.80. The third kappa shape index (κ3) is 3.85. The van der Waals surface area contributed by atoms with Gasteiger partial charge in [0, 0.05) is 17.3 Å². The quantitative estimate of drug-likeness (QED) is 0.675. The molecule has 1 aromatic carbocycles. The van der Waals surface area contributed by atoms with Crippen molar-refractivity contribution in [1.29, 1.82) is 0 Å². The average molecular weight is 313 g/mol. The van der Waals surface area contributed by atoms with Gasteiger partial charge >= 0.3 is 5.97 Å². The van der Waals surface area contributed by atoms with Gasteiger partial charge in [0.05, 0.1) is 11.4 Å². The molecule has 0 aliphatic carbocycles. The predicted molar refractivity (Wildman–Crippen MR) is 86.8 cm³/mol. The number of hydrogen-bond acceptors (Lipinski definition) is 4. The third-order valence-corrected chi connectivity index (χ3v) is 3.43. The molecule has 23 heavy (non-hydrogen) atoms. The Labute approximate surface area is 134 Å². The summed E-state index contributed by atoms with van der Waals surface area (Å²) in [4.78, 5) is 22.6. The van der Waals surface area contributed by atoms with Gasteiger partial charge in [0.25, 0.3) is 5.91 Å². The molecule has 0 saturated heterocycles. The van der Waals surface area contributed by atoms with Crippen molar-refractivity contribution in [1.82, 2.24) is 9.78 Å². The van der Waals surface area contributed by atoms with E-state index >= 15 is 0 Å². The number of nitrogens with zero attached hydrogens (tertiary/aromatic N) is 2. The number of carbonyl (C=O) groups is 2. The fraction of sp³-hybridized carbons (Fsp3) is 0.235. The molecule has 1 amide bonds. The fourth-order valence-corrected chi connectivity index (χ4v) is 2.14. The molecule has 0 radical (unpaired) electrons. The Balaban J connectivity index is 2.21. The van der Waals surface area contributed by atoms with Crippen LogP contribution < -0.4 is 5.73 Å². The van der Waals surface area contributed by atoms with Crippen LogP contribution in [-0.4, -0.2) is 27.8 Å². The van der Waals surface area contributed by atoms with Crippen LogP contribution in [0, 0.1) is 13.8 Å². The molecule has 2 aromatic rings. The third-order valence-electron chi connectivity index (χ3n) is 3.43. The van der Waals surface area contributed by atoms with E-state index in [0.717, 1.165) is 22.6 Å². The summed E-state index contributed by atoms with van der Waals surface area (Å²) in [5.41, 5.74) is 8.52. The maximum absolute atomic E-state index is 11.7. The van der Waals surface area contributed by atoms with E-state index in [1.165, 1.54) is 13.0 Å². The molecule has 1 heterocycles. The Kier molecular flexibility index (Phi) is 4.95. The Morgan fingerprint density at radius 2 is 1.91 bits per heavy atom. The van der Waals surface area contributed by atoms with Crippen LogP contribution in [0.25, 0.3) is 11.8 Å². The lowest BCUT2D eigenvalue weighted by Gasteiger charge is -2.06. The second-order valence-electron chi connectivity index (χ2n) is 5.15. The highest BCUT2D eigenvalue weighted by Crippen LogP contribution is 2.19. The van der Waals surface area contributed by atoms with E-state index in [4.69, 9.17) is 10.5 Å². The minimum atomic E-state index is -0.957. The number of benzene rings is 1. The summed E-state index contributed by atoms with van der Waals surface area (Å²) in [6, 6.07) is 9.71. The van der Waals surface area contributed by atoms with E-state index in [2.05, 4.69) is 5.10 Å². The number of primary amides is 1. The summed E-state index contributed by atoms with van der Waals surface area (Å²) in [6.07, 6.45) is 1.94. The van der Waals surface area contributed by atoms with Gasteiger partial charge in [-0.2, -0.15) is 5.10 Å². The van der Waals surface area contributed by atoms with Crippen LogP contribution in [0.5, 0.6) is 0 Å². The van der Waals surface area contributed by atoms with E-state index in [0.29, 0.717) is 0 Å². The molecular formula is C17H19N3O3. The number of aromatic nitrogens is 2. The van der Waals surface area contributed by atoms with Crippen LogP contribution in [-0.2, 0) is 14.3 Å². The lowest BCUT2D eigenvalue weighted by atomic mass is 10.2. The standard InChI is InChI=1S/C17H19N3O3/c1-11-15(9-10-16(21)23-13(3)17(18)22)12(2)20(19-11)14-7-5-4-6-8-14/h4-10,13H,1-3H3,(H2,18,22)/b10-9+. The zero-order valence-electron chi connectivity index (χ0n) is 13.3. The summed E-state index contributed by atoms with van der Waals surface area (Å²) in [5, 5.41) is 4.49. The normalized spacial score (nSPS) is 12.3. The zero-order chi connectivity index (χ0) is 17.0. The van der Waals surface area contributed by atoms with Gasteiger partial charge in [0.15, 0.2) is 6.10 Å². The molecule has 120 valence electrons. The molecule has 0 fully saturated rings. The van der Waals surface area contributed by atoms with Crippen LogP contribution in [0.1, 0.15) is 23.9 Å². The number of hydrogen-bond donors (Lipinski definition) is 1.